The molecule has 12 heteroatoms. The van der Waals surface area contributed by atoms with Crippen LogP contribution in [0.1, 0.15) is 31.7 Å². The maximum absolute atomic E-state index is 13.7. The maximum Gasteiger partial charge on any atom is 0.433 e. The average Bonchev–Trinajstić information content (AvgIpc) is 3.52. The van der Waals surface area contributed by atoms with Crippen LogP contribution in [0.25, 0.3) is 21.3 Å². The summed E-state index contributed by atoms with van der Waals surface area (Å²) in [5, 5.41) is 3.23. The van der Waals surface area contributed by atoms with Crippen molar-refractivity contribution in [1.82, 2.24) is 4.98 Å². The number of rotatable bonds is 7. The van der Waals surface area contributed by atoms with Crippen LogP contribution in [0.5, 0.6) is 5.75 Å². The predicted molar refractivity (Wildman–Crippen MR) is 141 cm³/mol. The molecule has 5 rings (SSSR count). The highest BCUT2D eigenvalue weighted by molar-refractivity contribution is 7.21. The van der Waals surface area contributed by atoms with E-state index >= 15 is 0 Å². The number of fused-ring (bicyclic) bond motifs is 1. The van der Waals surface area contributed by atoms with Gasteiger partial charge in [0.1, 0.15) is 33.5 Å². The van der Waals surface area contributed by atoms with Gasteiger partial charge >= 0.3 is 6.18 Å². The number of aromatic nitrogens is 1. The normalized spacial score (nSPS) is 11.5. The first-order chi connectivity index (χ1) is 18.6. The number of primary amides is 1. The molecule has 0 saturated carbocycles. The van der Waals surface area contributed by atoms with Gasteiger partial charge in [-0.3, -0.25) is 9.59 Å². The number of pyridine rings is 1. The van der Waals surface area contributed by atoms with Gasteiger partial charge in [-0.25, -0.2) is 4.98 Å². The van der Waals surface area contributed by atoms with Gasteiger partial charge in [-0.1, -0.05) is 48.0 Å². The first-order valence-corrected chi connectivity index (χ1v) is 12.5. The summed E-state index contributed by atoms with van der Waals surface area (Å²) in [6, 6.07) is 18.8. The van der Waals surface area contributed by atoms with Gasteiger partial charge in [-0.2, -0.15) is 13.2 Å². The summed E-state index contributed by atoms with van der Waals surface area (Å²) in [5.41, 5.74) is 4.90. The summed E-state index contributed by atoms with van der Waals surface area (Å²) in [7, 11) is 0. The number of furan rings is 1. The molecular weight excluding hydrogens is 555 g/mol. The number of alkyl halides is 3. The molecule has 7 nitrogen and oxygen atoms in total. The molecule has 2 aromatic carbocycles. The van der Waals surface area contributed by atoms with E-state index in [1.165, 1.54) is 12.1 Å². The lowest BCUT2D eigenvalue weighted by Gasteiger charge is -2.12. The Balaban J connectivity index is 1.51. The van der Waals surface area contributed by atoms with Gasteiger partial charge in [0, 0.05) is 10.4 Å². The number of carbonyl (C=O) groups excluding carboxylic acids is 2. The van der Waals surface area contributed by atoms with Crippen molar-refractivity contribution in [3.05, 3.63) is 99.9 Å². The van der Waals surface area contributed by atoms with Gasteiger partial charge in [0.2, 0.25) is 0 Å². The zero-order chi connectivity index (χ0) is 27.7. The number of anilines is 1. The number of hydrogen-bond acceptors (Lipinski definition) is 6. The molecule has 0 atom stereocenters. The van der Waals surface area contributed by atoms with Gasteiger partial charge in [0.15, 0.2) is 5.76 Å². The number of carbonyl (C=O) groups is 2. The van der Waals surface area contributed by atoms with Crippen molar-refractivity contribution in [2.75, 3.05) is 5.32 Å². The van der Waals surface area contributed by atoms with E-state index in [4.69, 9.17) is 26.5 Å². The van der Waals surface area contributed by atoms with Crippen LogP contribution in [0.4, 0.5) is 18.9 Å². The molecule has 3 N–H and O–H groups in total. The fraction of sp³-hybridized carbons (Fsp3) is 0.0741. The molecule has 2 amide bonds. The minimum Gasteiger partial charge on any atom is -0.486 e. The van der Waals surface area contributed by atoms with Crippen molar-refractivity contribution in [2.45, 2.75) is 12.8 Å². The number of thiophene rings is 1. The Kier molecular flexibility index (Phi) is 7.02. The van der Waals surface area contributed by atoms with Crippen LogP contribution in [0.15, 0.2) is 77.2 Å². The molecule has 0 radical (unpaired) electrons. The molecular formula is C27H17ClF3N3O4S. The third-order valence-corrected chi connectivity index (χ3v) is 6.90. The fourth-order valence-corrected chi connectivity index (χ4v) is 5.03. The number of nitrogens with zero attached hydrogens (tertiary/aromatic N) is 1. The van der Waals surface area contributed by atoms with E-state index in [9.17, 15) is 22.8 Å². The van der Waals surface area contributed by atoms with Gasteiger partial charge in [0.25, 0.3) is 11.8 Å². The zero-order valence-electron chi connectivity index (χ0n) is 19.7. The number of halogens is 4. The van der Waals surface area contributed by atoms with Crippen molar-refractivity contribution < 1.29 is 31.9 Å². The average molecular weight is 572 g/mol. The first kappa shape index (κ1) is 26.3. The SMILES string of the molecule is NC(=O)c1sc2nc(C(F)(F)F)cc(-c3ccccc3)c2c1NC(=O)c1ccc(COc2cccc(Cl)c2)o1. The Hall–Kier alpha value is -4.35. The zero-order valence-corrected chi connectivity index (χ0v) is 21.3. The van der Waals surface area contributed by atoms with Gasteiger partial charge in [0.05, 0.1) is 5.69 Å². The molecule has 0 unspecified atom stereocenters. The Morgan fingerprint density at radius 3 is 2.51 bits per heavy atom. The molecule has 0 aliphatic carbocycles. The van der Waals surface area contributed by atoms with E-state index in [2.05, 4.69) is 10.3 Å². The number of nitrogens with two attached hydrogens (primary N) is 1. The number of amides is 2. The van der Waals surface area contributed by atoms with Gasteiger partial charge in [-0.05, 0) is 47.5 Å². The van der Waals surface area contributed by atoms with Crippen molar-refractivity contribution in [3.63, 3.8) is 0 Å². The van der Waals surface area contributed by atoms with E-state index in [0.717, 1.165) is 6.07 Å². The lowest BCUT2D eigenvalue weighted by atomic mass is 10.0. The van der Waals surface area contributed by atoms with Crippen LogP contribution in [0, 0.1) is 0 Å². The molecule has 0 bridgehead atoms. The molecule has 0 aliphatic heterocycles. The highest BCUT2D eigenvalue weighted by Crippen LogP contribution is 2.43. The second-order valence-electron chi connectivity index (χ2n) is 8.24. The van der Waals surface area contributed by atoms with Crippen LogP contribution in [-0.2, 0) is 12.8 Å². The summed E-state index contributed by atoms with van der Waals surface area (Å²) >= 11 is 6.61. The van der Waals surface area contributed by atoms with E-state index in [0.29, 0.717) is 33.4 Å². The van der Waals surface area contributed by atoms with Crippen LogP contribution >= 0.6 is 22.9 Å². The molecule has 198 valence electrons. The smallest absolute Gasteiger partial charge is 0.433 e. The van der Waals surface area contributed by atoms with Crippen molar-refractivity contribution in [2.24, 2.45) is 5.73 Å². The van der Waals surface area contributed by atoms with Crippen molar-refractivity contribution in [3.8, 4) is 16.9 Å². The van der Waals surface area contributed by atoms with Crippen molar-refractivity contribution >= 4 is 50.7 Å². The summed E-state index contributed by atoms with van der Waals surface area (Å²) < 4.78 is 52.2. The highest BCUT2D eigenvalue weighted by Gasteiger charge is 2.35. The second-order valence-corrected chi connectivity index (χ2v) is 9.67. The van der Waals surface area contributed by atoms with E-state index in [-0.39, 0.29) is 38.7 Å². The largest absolute Gasteiger partial charge is 0.486 e. The Morgan fingerprint density at radius 2 is 1.82 bits per heavy atom. The minimum absolute atomic E-state index is 0.00380. The third-order valence-electron chi connectivity index (χ3n) is 5.56. The predicted octanol–water partition coefficient (Wildman–Crippen LogP) is 7.16. The minimum atomic E-state index is -4.74. The molecule has 5 aromatic rings. The Bertz CT molecular complexity index is 1700. The van der Waals surface area contributed by atoms with E-state index in [1.54, 1.807) is 54.6 Å². The van der Waals surface area contributed by atoms with Gasteiger partial charge in [-0.15, -0.1) is 11.3 Å². The third kappa shape index (κ3) is 5.59. The quantitative estimate of drug-likeness (QED) is 0.215. The lowest BCUT2D eigenvalue weighted by molar-refractivity contribution is -0.140. The molecule has 0 aliphatic rings. The molecule has 39 heavy (non-hydrogen) atoms. The van der Waals surface area contributed by atoms with E-state index in [1.807, 2.05) is 0 Å². The molecule has 0 spiro atoms. The lowest BCUT2D eigenvalue weighted by Crippen LogP contribution is -2.16. The Labute approximate surface area is 228 Å². The monoisotopic (exact) mass is 571 g/mol. The summed E-state index contributed by atoms with van der Waals surface area (Å²) in [6.45, 7) is 0.00380. The first-order valence-electron chi connectivity index (χ1n) is 11.3. The van der Waals surface area contributed by atoms with E-state index < -0.39 is 23.7 Å². The van der Waals surface area contributed by atoms with Gasteiger partial charge < -0.3 is 20.2 Å². The summed E-state index contributed by atoms with van der Waals surface area (Å²) in [4.78, 5) is 28.9. The Morgan fingerprint density at radius 1 is 1.05 bits per heavy atom. The van der Waals surface area contributed by atoms with Crippen LogP contribution in [-0.4, -0.2) is 16.8 Å². The number of hydrogen-bond donors (Lipinski definition) is 2. The molecule has 3 heterocycles. The topological polar surface area (TPSA) is 107 Å². The van der Waals surface area contributed by atoms with Crippen LogP contribution in [0.3, 0.4) is 0 Å². The summed E-state index contributed by atoms with van der Waals surface area (Å²) in [5.74, 6) is -0.969. The van der Waals surface area contributed by atoms with Crippen LogP contribution in [0.2, 0.25) is 5.02 Å². The number of ether oxygens (including phenoxy) is 1. The number of benzene rings is 2. The maximum atomic E-state index is 13.7. The second kappa shape index (κ2) is 10.4. The van der Waals surface area contributed by atoms with Crippen LogP contribution < -0.4 is 15.8 Å². The number of nitrogens with one attached hydrogen (secondary N) is 1. The molecule has 0 saturated heterocycles. The highest BCUT2D eigenvalue weighted by atomic mass is 35.5. The fourth-order valence-electron chi connectivity index (χ4n) is 3.85. The molecule has 3 aromatic heterocycles. The van der Waals surface area contributed by atoms with Crippen molar-refractivity contribution in [1.29, 1.82) is 0 Å². The summed E-state index contributed by atoms with van der Waals surface area (Å²) in [6.07, 6.45) is -4.74. The standard InChI is InChI=1S/C27H17ClF3N3O4S/c28-15-7-4-8-16(11-15)37-13-17-9-10-19(38-17)25(36)34-22-21-18(14-5-2-1-3-6-14)12-20(27(29,30)31)33-26(21)39-23(22)24(32)35/h1-12H,13H2,(H2,32,35)(H,34,36). The molecule has 0 fully saturated rings.